The van der Waals surface area contributed by atoms with Crippen LogP contribution in [-0.2, 0) is 17.8 Å². The Morgan fingerprint density at radius 1 is 1.00 bits per heavy atom. The number of rotatable bonds is 8. The second kappa shape index (κ2) is 10.3. The molecule has 6 nitrogen and oxygen atoms in total. The van der Waals surface area contributed by atoms with Gasteiger partial charge >= 0.3 is 0 Å². The van der Waals surface area contributed by atoms with Crippen LogP contribution >= 0.6 is 0 Å². The van der Waals surface area contributed by atoms with Gasteiger partial charge in [0.05, 0.1) is 6.54 Å². The van der Waals surface area contributed by atoms with Crippen LogP contribution in [0.1, 0.15) is 23.8 Å². The first-order valence-corrected chi connectivity index (χ1v) is 9.97. The van der Waals surface area contributed by atoms with Crippen molar-refractivity contribution in [2.24, 2.45) is 4.99 Å². The second-order valence-corrected chi connectivity index (χ2v) is 6.78. The summed E-state index contributed by atoms with van der Waals surface area (Å²) in [6.07, 6.45) is 0.805. The number of guanidine groups is 1. The highest BCUT2D eigenvalue weighted by atomic mass is 16.3. The van der Waals surface area contributed by atoms with Gasteiger partial charge in [-0.3, -0.25) is 4.79 Å². The maximum Gasteiger partial charge on any atom is 0.241 e. The van der Waals surface area contributed by atoms with E-state index in [2.05, 4.69) is 39.1 Å². The van der Waals surface area contributed by atoms with E-state index in [0.717, 1.165) is 28.7 Å². The molecule has 3 rings (SSSR count). The Kier molecular flexibility index (Phi) is 7.28. The van der Waals surface area contributed by atoms with Gasteiger partial charge in [-0.1, -0.05) is 48.5 Å². The van der Waals surface area contributed by atoms with Crippen molar-refractivity contribution >= 4 is 22.8 Å². The number of para-hydroxylation sites is 1. The van der Waals surface area contributed by atoms with Crippen LogP contribution in [-0.4, -0.2) is 31.5 Å². The molecule has 0 unspecified atom stereocenters. The van der Waals surface area contributed by atoms with E-state index in [9.17, 15) is 4.79 Å². The average molecular weight is 393 g/mol. The van der Waals surface area contributed by atoms with Crippen molar-refractivity contribution in [2.45, 2.75) is 26.8 Å². The first-order valence-electron chi connectivity index (χ1n) is 9.97. The molecular weight excluding hydrogens is 364 g/mol. The Hall–Kier alpha value is -3.28. The minimum Gasteiger partial charge on any atom is -0.459 e. The number of amides is 1. The van der Waals surface area contributed by atoms with Crippen molar-refractivity contribution in [2.75, 3.05) is 19.6 Å². The number of fused-ring (bicyclic) bond motifs is 1. The van der Waals surface area contributed by atoms with E-state index in [1.807, 2.05) is 50.2 Å². The zero-order valence-electron chi connectivity index (χ0n) is 17.0. The third-order valence-corrected chi connectivity index (χ3v) is 4.66. The smallest absolute Gasteiger partial charge is 0.241 e. The summed E-state index contributed by atoms with van der Waals surface area (Å²) in [7, 11) is 0. The number of aryl methyl sites for hydroxylation is 1. The number of carbonyl (C=O) groups is 1. The van der Waals surface area contributed by atoms with E-state index >= 15 is 0 Å². The SMILES string of the molecule is CCNC(=NCC(=O)NCCc1ccccc1)NCc1oc2ccccc2c1C. The summed E-state index contributed by atoms with van der Waals surface area (Å²) >= 11 is 0. The van der Waals surface area contributed by atoms with Gasteiger partial charge in [0.2, 0.25) is 5.91 Å². The third-order valence-electron chi connectivity index (χ3n) is 4.66. The van der Waals surface area contributed by atoms with Gasteiger partial charge in [0, 0.05) is 24.0 Å². The minimum absolute atomic E-state index is 0.0727. The Morgan fingerprint density at radius 3 is 2.52 bits per heavy atom. The van der Waals surface area contributed by atoms with Crippen LogP contribution in [0, 0.1) is 6.92 Å². The summed E-state index contributed by atoms with van der Waals surface area (Å²) in [5, 5.41) is 10.4. The van der Waals surface area contributed by atoms with Gasteiger partial charge in [0.25, 0.3) is 0 Å². The number of aliphatic imine (C=N–C) groups is 1. The molecule has 1 amide bonds. The normalized spacial score (nSPS) is 11.4. The first-order chi connectivity index (χ1) is 14.2. The molecule has 6 heteroatoms. The molecule has 0 radical (unpaired) electrons. The van der Waals surface area contributed by atoms with E-state index in [-0.39, 0.29) is 12.5 Å². The fourth-order valence-electron chi connectivity index (χ4n) is 3.10. The number of carbonyl (C=O) groups excluding carboxylic acids is 1. The van der Waals surface area contributed by atoms with Gasteiger partial charge in [0.15, 0.2) is 5.96 Å². The number of hydrogen-bond donors (Lipinski definition) is 3. The largest absolute Gasteiger partial charge is 0.459 e. The maximum absolute atomic E-state index is 12.1. The lowest BCUT2D eigenvalue weighted by Crippen LogP contribution is -2.38. The Bertz CT molecular complexity index is 963. The predicted molar refractivity (Wildman–Crippen MR) is 117 cm³/mol. The van der Waals surface area contributed by atoms with Gasteiger partial charge in [-0.15, -0.1) is 0 Å². The quantitative estimate of drug-likeness (QED) is 0.406. The summed E-state index contributed by atoms with van der Waals surface area (Å²) in [6.45, 7) is 5.92. The Labute approximate surface area is 171 Å². The third kappa shape index (κ3) is 5.85. The van der Waals surface area contributed by atoms with Crippen LogP contribution in [0.3, 0.4) is 0 Å². The lowest BCUT2D eigenvalue weighted by atomic mass is 10.1. The van der Waals surface area contributed by atoms with E-state index in [0.29, 0.717) is 25.6 Å². The van der Waals surface area contributed by atoms with Crippen molar-refractivity contribution in [3.63, 3.8) is 0 Å². The van der Waals surface area contributed by atoms with Crippen LogP contribution in [0.15, 0.2) is 64.0 Å². The molecule has 0 aliphatic heterocycles. The van der Waals surface area contributed by atoms with Crippen molar-refractivity contribution < 1.29 is 9.21 Å². The highest BCUT2D eigenvalue weighted by Crippen LogP contribution is 2.24. The van der Waals surface area contributed by atoms with Crippen LogP contribution < -0.4 is 16.0 Å². The fourth-order valence-corrected chi connectivity index (χ4v) is 3.10. The van der Waals surface area contributed by atoms with E-state index in [1.165, 1.54) is 5.56 Å². The summed E-state index contributed by atoms with van der Waals surface area (Å²) in [5.74, 6) is 1.35. The molecular formula is C23H28N4O2. The highest BCUT2D eigenvalue weighted by Gasteiger charge is 2.10. The minimum atomic E-state index is -0.0990. The van der Waals surface area contributed by atoms with E-state index in [4.69, 9.17) is 4.42 Å². The molecule has 0 spiro atoms. The van der Waals surface area contributed by atoms with Gasteiger partial charge < -0.3 is 20.4 Å². The summed E-state index contributed by atoms with van der Waals surface area (Å²) in [4.78, 5) is 16.5. The van der Waals surface area contributed by atoms with Gasteiger partial charge in [0.1, 0.15) is 17.9 Å². The number of benzene rings is 2. The summed E-state index contributed by atoms with van der Waals surface area (Å²) in [5.41, 5.74) is 3.19. The molecule has 1 heterocycles. The molecule has 29 heavy (non-hydrogen) atoms. The molecule has 0 aliphatic rings. The summed E-state index contributed by atoms with van der Waals surface area (Å²) in [6, 6.07) is 18.1. The molecule has 152 valence electrons. The van der Waals surface area contributed by atoms with Crippen molar-refractivity contribution in [1.82, 2.24) is 16.0 Å². The number of furan rings is 1. The topological polar surface area (TPSA) is 78.7 Å². The zero-order chi connectivity index (χ0) is 20.5. The number of hydrogen-bond acceptors (Lipinski definition) is 3. The molecule has 0 fully saturated rings. The predicted octanol–water partition coefficient (Wildman–Crippen LogP) is 3.16. The van der Waals surface area contributed by atoms with Crippen LogP contribution in [0.25, 0.3) is 11.0 Å². The molecule has 0 saturated carbocycles. The lowest BCUT2D eigenvalue weighted by molar-refractivity contribution is -0.119. The Balaban J connectivity index is 1.50. The molecule has 3 aromatic rings. The van der Waals surface area contributed by atoms with Crippen LogP contribution in [0.2, 0.25) is 0 Å². The first kappa shape index (κ1) is 20.5. The monoisotopic (exact) mass is 392 g/mol. The zero-order valence-corrected chi connectivity index (χ0v) is 17.0. The standard InChI is InChI=1S/C23H28N4O2/c1-3-24-23(26-15-21-17(2)19-11-7-8-12-20(19)29-21)27-16-22(28)25-14-13-18-9-5-4-6-10-18/h4-12H,3,13-16H2,1-2H3,(H,25,28)(H2,24,26,27). The average Bonchev–Trinajstić information content (AvgIpc) is 3.07. The van der Waals surface area contributed by atoms with E-state index in [1.54, 1.807) is 0 Å². The molecule has 2 aromatic carbocycles. The second-order valence-electron chi connectivity index (χ2n) is 6.78. The maximum atomic E-state index is 12.1. The van der Waals surface area contributed by atoms with Crippen molar-refractivity contribution in [3.05, 3.63) is 71.5 Å². The summed E-state index contributed by atoms with van der Waals surface area (Å²) < 4.78 is 5.92. The Morgan fingerprint density at radius 2 is 1.76 bits per heavy atom. The molecule has 0 saturated heterocycles. The van der Waals surface area contributed by atoms with Gasteiger partial charge in [-0.25, -0.2) is 4.99 Å². The van der Waals surface area contributed by atoms with Gasteiger partial charge in [-0.2, -0.15) is 0 Å². The lowest BCUT2D eigenvalue weighted by Gasteiger charge is -2.10. The van der Waals surface area contributed by atoms with Crippen LogP contribution in [0.4, 0.5) is 0 Å². The number of nitrogens with zero attached hydrogens (tertiary/aromatic N) is 1. The van der Waals surface area contributed by atoms with Crippen molar-refractivity contribution in [3.8, 4) is 0 Å². The molecule has 0 aliphatic carbocycles. The number of nitrogens with one attached hydrogen (secondary N) is 3. The van der Waals surface area contributed by atoms with Crippen LogP contribution in [0.5, 0.6) is 0 Å². The van der Waals surface area contributed by atoms with Crippen molar-refractivity contribution in [1.29, 1.82) is 0 Å². The molecule has 0 atom stereocenters. The fraction of sp³-hybridized carbons (Fsp3) is 0.304. The van der Waals surface area contributed by atoms with Gasteiger partial charge in [-0.05, 0) is 31.9 Å². The molecule has 3 N–H and O–H groups in total. The molecule has 1 aromatic heterocycles. The van der Waals surface area contributed by atoms with E-state index < -0.39 is 0 Å². The highest BCUT2D eigenvalue weighted by molar-refractivity contribution is 5.85. The molecule has 0 bridgehead atoms.